The van der Waals surface area contributed by atoms with Crippen LogP contribution in [-0.2, 0) is 16.9 Å². The van der Waals surface area contributed by atoms with Gasteiger partial charge in [-0.3, -0.25) is 0 Å². The van der Waals surface area contributed by atoms with Crippen LogP contribution in [0.4, 0.5) is 0 Å². The molecule has 0 bridgehead atoms. The molecule has 0 aromatic heterocycles. The first-order chi connectivity index (χ1) is 7.32. The Morgan fingerprint density at radius 2 is 2.20 bits per heavy atom. The maximum atomic E-state index is 8.32. The SMILES string of the molecule is COC1(c2ccccc2CN=[N+]=[N-])CC1. The lowest BCUT2D eigenvalue weighted by molar-refractivity contribution is 0.0781. The lowest BCUT2D eigenvalue weighted by Crippen LogP contribution is -2.11. The second-order valence-electron chi connectivity index (χ2n) is 3.74. The van der Waals surface area contributed by atoms with Crippen LogP contribution in [0.1, 0.15) is 24.0 Å². The van der Waals surface area contributed by atoms with Crippen molar-refractivity contribution in [2.75, 3.05) is 7.11 Å². The van der Waals surface area contributed by atoms with Crippen molar-refractivity contribution in [3.05, 3.63) is 45.8 Å². The third-order valence-corrected chi connectivity index (χ3v) is 2.91. The van der Waals surface area contributed by atoms with Gasteiger partial charge in [0.05, 0.1) is 12.1 Å². The normalized spacial score (nSPS) is 16.9. The molecule has 0 heterocycles. The lowest BCUT2D eigenvalue weighted by atomic mass is 10.0. The van der Waals surface area contributed by atoms with Crippen LogP contribution in [0.3, 0.4) is 0 Å². The van der Waals surface area contributed by atoms with E-state index in [2.05, 4.69) is 16.1 Å². The van der Waals surface area contributed by atoms with E-state index in [9.17, 15) is 0 Å². The van der Waals surface area contributed by atoms with E-state index >= 15 is 0 Å². The molecular weight excluding hydrogens is 190 g/mol. The molecule has 0 N–H and O–H groups in total. The van der Waals surface area contributed by atoms with Crippen molar-refractivity contribution in [3.63, 3.8) is 0 Å². The second-order valence-corrected chi connectivity index (χ2v) is 3.74. The highest BCUT2D eigenvalue weighted by molar-refractivity contribution is 5.36. The molecule has 4 heteroatoms. The largest absolute Gasteiger partial charge is 0.374 e. The number of benzene rings is 1. The highest BCUT2D eigenvalue weighted by Crippen LogP contribution is 2.49. The number of hydrogen-bond donors (Lipinski definition) is 0. The molecule has 1 fully saturated rings. The third-order valence-electron chi connectivity index (χ3n) is 2.91. The van der Waals surface area contributed by atoms with Crippen LogP contribution >= 0.6 is 0 Å². The standard InChI is InChI=1S/C11H13N3O/c1-15-11(6-7-11)10-5-3-2-4-9(10)8-13-14-12/h2-5H,6-8H2,1H3. The number of ether oxygens (including phenoxy) is 1. The van der Waals surface area contributed by atoms with Crippen LogP contribution in [0.2, 0.25) is 0 Å². The number of nitrogens with zero attached hydrogens (tertiary/aromatic N) is 3. The van der Waals surface area contributed by atoms with Crippen molar-refractivity contribution < 1.29 is 4.74 Å². The Balaban J connectivity index is 2.33. The van der Waals surface area contributed by atoms with E-state index in [1.807, 2.05) is 18.2 Å². The van der Waals surface area contributed by atoms with Gasteiger partial charge in [0.15, 0.2) is 0 Å². The summed E-state index contributed by atoms with van der Waals surface area (Å²) in [5.74, 6) is 0. The zero-order valence-electron chi connectivity index (χ0n) is 8.68. The van der Waals surface area contributed by atoms with Crippen LogP contribution in [0.5, 0.6) is 0 Å². The van der Waals surface area contributed by atoms with Gasteiger partial charge in [-0.15, -0.1) is 0 Å². The van der Waals surface area contributed by atoms with Crippen molar-refractivity contribution in [1.82, 2.24) is 0 Å². The maximum Gasteiger partial charge on any atom is 0.0932 e. The molecule has 1 aliphatic carbocycles. The van der Waals surface area contributed by atoms with Gasteiger partial charge in [-0.2, -0.15) is 0 Å². The van der Waals surface area contributed by atoms with Crippen molar-refractivity contribution in [2.24, 2.45) is 5.11 Å². The Hall–Kier alpha value is -1.51. The van der Waals surface area contributed by atoms with Crippen LogP contribution in [0, 0.1) is 0 Å². The fourth-order valence-electron chi connectivity index (χ4n) is 1.91. The number of hydrogen-bond acceptors (Lipinski definition) is 2. The van der Waals surface area contributed by atoms with E-state index in [1.54, 1.807) is 7.11 Å². The fraction of sp³-hybridized carbons (Fsp3) is 0.455. The number of azide groups is 1. The van der Waals surface area contributed by atoms with Crippen molar-refractivity contribution in [1.29, 1.82) is 0 Å². The molecule has 2 rings (SSSR count). The molecule has 0 unspecified atom stereocenters. The first-order valence-corrected chi connectivity index (χ1v) is 4.97. The van der Waals surface area contributed by atoms with Gasteiger partial charge in [-0.25, -0.2) is 0 Å². The Bertz CT molecular complexity index is 406. The maximum absolute atomic E-state index is 8.32. The Morgan fingerprint density at radius 3 is 2.80 bits per heavy atom. The summed E-state index contributed by atoms with van der Waals surface area (Å²) in [4.78, 5) is 2.78. The third kappa shape index (κ3) is 1.82. The minimum atomic E-state index is -0.110. The van der Waals surface area contributed by atoms with Crippen molar-refractivity contribution in [2.45, 2.75) is 25.0 Å². The van der Waals surface area contributed by atoms with Gasteiger partial charge >= 0.3 is 0 Å². The van der Waals surface area contributed by atoms with Gasteiger partial charge in [0.25, 0.3) is 0 Å². The molecule has 1 aromatic rings. The lowest BCUT2D eigenvalue weighted by Gasteiger charge is -2.17. The highest BCUT2D eigenvalue weighted by atomic mass is 16.5. The zero-order valence-corrected chi connectivity index (χ0v) is 8.68. The van der Waals surface area contributed by atoms with Gasteiger partial charge < -0.3 is 4.74 Å². The quantitative estimate of drug-likeness (QED) is 0.421. The predicted molar refractivity (Wildman–Crippen MR) is 57.2 cm³/mol. The van der Waals surface area contributed by atoms with Crippen molar-refractivity contribution >= 4 is 0 Å². The monoisotopic (exact) mass is 203 g/mol. The summed E-state index contributed by atoms with van der Waals surface area (Å²) >= 11 is 0. The van der Waals surface area contributed by atoms with E-state index in [-0.39, 0.29) is 5.60 Å². The first kappa shape index (κ1) is 10.0. The molecule has 0 aliphatic heterocycles. The average molecular weight is 203 g/mol. The van der Waals surface area contributed by atoms with Gasteiger partial charge in [-0.05, 0) is 29.5 Å². The van der Waals surface area contributed by atoms with E-state index in [0.717, 1.165) is 18.4 Å². The fourth-order valence-corrected chi connectivity index (χ4v) is 1.91. The predicted octanol–water partition coefficient (Wildman–Crippen LogP) is 3.13. The molecule has 0 spiro atoms. The van der Waals surface area contributed by atoms with Gasteiger partial charge in [-0.1, -0.05) is 29.4 Å². The molecule has 0 radical (unpaired) electrons. The number of rotatable bonds is 4. The summed E-state index contributed by atoms with van der Waals surface area (Å²) in [5.41, 5.74) is 10.4. The minimum Gasteiger partial charge on any atom is -0.374 e. The van der Waals surface area contributed by atoms with Gasteiger partial charge in [0.2, 0.25) is 0 Å². The second kappa shape index (κ2) is 3.93. The van der Waals surface area contributed by atoms with E-state index in [4.69, 9.17) is 10.3 Å². The molecule has 4 nitrogen and oxygen atoms in total. The minimum absolute atomic E-state index is 0.110. The zero-order chi connectivity index (χ0) is 10.7. The number of methoxy groups -OCH3 is 1. The summed E-state index contributed by atoms with van der Waals surface area (Å²) in [5, 5.41) is 3.60. The molecule has 0 atom stereocenters. The van der Waals surface area contributed by atoms with Crippen molar-refractivity contribution in [3.8, 4) is 0 Å². The average Bonchev–Trinajstić information content (AvgIpc) is 3.08. The summed E-state index contributed by atoms with van der Waals surface area (Å²) in [6.45, 7) is 0.401. The summed E-state index contributed by atoms with van der Waals surface area (Å²) in [7, 11) is 1.73. The summed E-state index contributed by atoms with van der Waals surface area (Å²) in [6.07, 6.45) is 2.10. The van der Waals surface area contributed by atoms with Crippen LogP contribution in [0.25, 0.3) is 10.4 Å². The molecular formula is C11H13N3O. The molecule has 78 valence electrons. The van der Waals surface area contributed by atoms with E-state index < -0.39 is 0 Å². The Labute approximate surface area is 88.5 Å². The molecule has 1 aromatic carbocycles. The van der Waals surface area contributed by atoms with Crippen LogP contribution < -0.4 is 0 Å². The topological polar surface area (TPSA) is 58.0 Å². The Kier molecular flexibility index (Phi) is 2.62. The Morgan fingerprint density at radius 1 is 1.47 bits per heavy atom. The van der Waals surface area contributed by atoms with Crippen LogP contribution in [0.15, 0.2) is 29.4 Å². The molecule has 15 heavy (non-hydrogen) atoms. The molecule has 0 amide bonds. The van der Waals surface area contributed by atoms with Crippen LogP contribution in [-0.4, -0.2) is 7.11 Å². The van der Waals surface area contributed by atoms with Gasteiger partial charge in [0.1, 0.15) is 0 Å². The molecule has 0 saturated heterocycles. The van der Waals surface area contributed by atoms with E-state index in [0.29, 0.717) is 6.54 Å². The van der Waals surface area contributed by atoms with Gasteiger partial charge in [0, 0.05) is 12.0 Å². The van der Waals surface area contributed by atoms with E-state index in [1.165, 1.54) is 5.56 Å². The molecule has 1 saturated carbocycles. The highest BCUT2D eigenvalue weighted by Gasteiger charge is 2.45. The summed E-state index contributed by atoms with van der Waals surface area (Å²) in [6, 6.07) is 7.99. The summed E-state index contributed by atoms with van der Waals surface area (Å²) < 4.78 is 5.52. The smallest absolute Gasteiger partial charge is 0.0932 e. The first-order valence-electron chi connectivity index (χ1n) is 4.97. The molecule has 1 aliphatic rings.